The molecule has 0 saturated carbocycles. The summed E-state index contributed by atoms with van der Waals surface area (Å²) in [6.07, 6.45) is 3.58. The SMILES string of the molecule is N#Cc1cc2ccccc2nc1NCCC1CCCN1. The highest BCUT2D eigenvalue weighted by molar-refractivity contribution is 5.82. The van der Waals surface area contributed by atoms with Gasteiger partial charge in [0.05, 0.1) is 11.1 Å². The third-order valence-electron chi connectivity index (χ3n) is 3.79. The van der Waals surface area contributed by atoms with Gasteiger partial charge in [-0.15, -0.1) is 0 Å². The number of nitrogens with one attached hydrogen (secondary N) is 2. The zero-order valence-electron chi connectivity index (χ0n) is 11.4. The molecule has 2 aromatic rings. The van der Waals surface area contributed by atoms with E-state index in [2.05, 4.69) is 21.7 Å². The lowest BCUT2D eigenvalue weighted by atomic mass is 10.1. The van der Waals surface area contributed by atoms with Gasteiger partial charge in [-0.3, -0.25) is 0 Å². The van der Waals surface area contributed by atoms with Crippen molar-refractivity contribution < 1.29 is 0 Å². The first-order chi connectivity index (χ1) is 9.86. The van der Waals surface area contributed by atoms with Crippen LogP contribution in [0.15, 0.2) is 30.3 Å². The monoisotopic (exact) mass is 266 g/mol. The van der Waals surface area contributed by atoms with Crippen molar-refractivity contribution in [1.29, 1.82) is 5.26 Å². The van der Waals surface area contributed by atoms with Gasteiger partial charge in [-0.2, -0.15) is 5.26 Å². The van der Waals surface area contributed by atoms with Crippen molar-refractivity contribution in [3.05, 3.63) is 35.9 Å². The highest BCUT2D eigenvalue weighted by Crippen LogP contribution is 2.20. The molecule has 4 heteroatoms. The van der Waals surface area contributed by atoms with Gasteiger partial charge in [0.1, 0.15) is 11.9 Å². The standard InChI is InChI=1S/C16H18N4/c17-11-13-10-12-4-1-2-6-15(12)20-16(13)19-9-7-14-5-3-8-18-14/h1-2,4,6,10,14,18H,3,5,7-9H2,(H,19,20). The number of pyridine rings is 1. The van der Waals surface area contributed by atoms with Gasteiger partial charge in [0.25, 0.3) is 0 Å². The Bertz CT molecular complexity index is 638. The number of aromatic nitrogens is 1. The number of benzene rings is 1. The summed E-state index contributed by atoms with van der Waals surface area (Å²) in [7, 11) is 0. The maximum atomic E-state index is 9.25. The van der Waals surface area contributed by atoms with E-state index in [0.29, 0.717) is 17.4 Å². The lowest BCUT2D eigenvalue weighted by Gasteiger charge is -2.12. The topological polar surface area (TPSA) is 60.7 Å². The van der Waals surface area contributed by atoms with Crippen LogP contribution < -0.4 is 10.6 Å². The molecule has 0 radical (unpaired) electrons. The molecule has 0 spiro atoms. The molecule has 0 amide bonds. The lowest BCUT2D eigenvalue weighted by Crippen LogP contribution is -2.24. The van der Waals surface area contributed by atoms with Gasteiger partial charge in [-0.25, -0.2) is 4.98 Å². The van der Waals surface area contributed by atoms with Crippen LogP contribution >= 0.6 is 0 Å². The number of anilines is 1. The fraction of sp³-hybridized carbons (Fsp3) is 0.375. The van der Waals surface area contributed by atoms with Crippen LogP contribution in [-0.4, -0.2) is 24.1 Å². The molecule has 0 aliphatic carbocycles. The summed E-state index contributed by atoms with van der Waals surface area (Å²) in [6.45, 7) is 1.97. The minimum absolute atomic E-state index is 0.605. The molecular formula is C16H18N4. The smallest absolute Gasteiger partial charge is 0.144 e. The van der Waals surface area contributed by atoms with Gasteiger partial charge < -0.3 is 10.6 Å². The number of fused-ring (bicyclic) bond motifs is 1. The number of para-hydroxylation sites is 1. The maximum Gasteiger partial charge on any atom is 0.144 e. The fourth-order valence-corrected chi connectivity index (χ4v) is 2.70. The van der Waals surface area contributed by atoms with Gasteiger partial charge in [0.15, 0.2) is 0 Å². The van der Waals surface area contributed by atoms with E-state index in [0.717, 1.165) is 30.4 Å². The largest absolute Gasteiger partial charge is 0.369 e. The van der Waals surface area contributed by atoms with E-state index in [9.17, 15) is 5.26 Å². The Labute approximate surface area is 118 Å². The molecule has 1 aromatic carbocycles. The quantitative estimate of drug-likeness (QED) is 0.893. The Morgan fingerprint density at radius 3 is 3.10 bits per heavy atom. The molecule has 0 bridgehead atoms. The third kappa shape index (κ3) is 2.73. The Balaban J connectivity index is 1.74. The van der Waals surface area contributed by atoms with Gasteiger partial charge in [0, 0.05) is 18.0 Å². The molecular weight excluding hydrogens is 248 g/mol. The second-order valence-corrected chi connectivity index (χ2v) is 5.20. The summed E-state index contributed by atoms with van der Waals surface area (Å²) >= 11 is 0. The zero-order chi connectivity index (χ0) is 13.8. The average Bonchev–Trinajstić information content (AvgIpc) is 3.00. The molecule has 1 aromatic heterocycles. The van der Waals surface area contributed by atoms with Crippen molar-refractivity contribution in [2.75, 3.05) is 18.4 Å². The lowest BCUT2D eigenvalue weighted by molar-refractivity contribution is 0.574. The molecule has 4 nitrogen and oxygen atoms in total. The second-order valence-electron chi connectivity index (χ2n) is 5.20. The van der Waals surface area contributed by atoms with E-state index in [-0.39, 0.29) is 0 Å². The van der Waals surface area contributed by atoms with Crippen LogP contribution in [0, 0.1) is 11.3 Å². The minimum atomic E-state index is 0.605. The molecule has 1 saturated heterocycles. The Morgan fingerprint density at radius 1 is 1.40 bits per heavy atom. The van der Waals surface area contributed by atoms with E-state index in [1.54, 1.807) is 0 Å². The van der Waals surface area contributed by atoms with Gasteiger partial charge >= 0.3 is 0 Å². The summed E-state index contributed by atoms with van der Waals surface area (Å²) in [5.41, 5.74) is 1.54. The van der Waals surface area contributed by atoms with Crippen molar-refractivity contribution in [2.45, 2.75) is 25.3 Å². The first kappa shape index (κ1) is 12.9. The fourth-order valence-electron chi connectivity index (χ4n) is 2.70. The number of nitriles is 1. The molecule has 102 valence electrons. The van der Waals surface area contributed by atoms with Crippen molar-refractivity contribution >= 4 is 16.7 Å². The molecule has 1 fully saturated rings. The first-order valence-corrected chi connectivity index (χ1v) is 7.14. The van der Waals surface area contributed by atoms with Crippen LogP contribution in [-0.2, 0) is 0 Å². The van der Waals surface area contributed by atoms with E-state index in [1.807, 2.05) is 30.3 Å². The molecule has 1 aliphatic rings. The van der Waals surface area contributed by atoms with Crippen molar-refractivity contribution in [2.24, 2.45) is 0 Å². The number of rotatable bonds is 4. The van der Waals surface area contributed by atoms with Crippen LogP contribution in [0.1, 0.15) is 24.8 Å². The average molecular weight is 266 g/mol. The van der Waals surface area contributed by atoms with Crippen LogP contribution in [0.25, 0.3) is 10.9 Å². The van der Waals surface area contributed by atoms with Crippen LogP contribution in [0.4, 0.5) is 5.82 Å². The van der Waals surface area contributed by atoms with Crippen molar-refractivity contribution in [1.82, 2.24) is 10.3 Å². The van der Waals surface area contributed by atoms with Crippen LogP contribution in [0.5, 0.6) is 0 Å². The van der Waals surface area contributed by atoms with Crippen molar-refractivity contribution in [3.8, 4) is 6.07 Å². The highest BCUT2D eigenvalue weighted by Gasteiger charge is 2.13. The summed E-state index contributed by atoms with van der Waals surface area (Å²) in [5, 5.41) is 17.0. The Kier molecular flexibility index (Phi) is 3.80. The predicted molar refractivity (Wildman–Crippen MR) is 80.6 cm³/mol. The summed E-state index contributed by atoms with van der Waals surface area (Å²) in [6, 6.07) is 12.6. The highest BCUT2D eigenvalue weighted by atomic mass is 15.0. The normalized spacial score (nSPS) is 18.1. The second kappa shape index (κ2) is 5.89. The molecule has 20 heavy (non-hydrogen) atoms. The minimum Gasteiger partial charge on any atom is -0.369 e. The number of hydrogen-bond acceptors (Lipinski definition) is 4. The Morgan fingerprint density at radius 2 is 2.30 bits per heavy atom. The van der Waals surface area contributed by atoms with E-state index < -0.39 is 0 Å². The number of nitrogens with zero attached hydrogens (tertiary/aromatic N) is 2. The van der Waals surface area contributed by atoms with Gasteiger partial charge in [-0.05, 0) is 37.9 Å². The predicted octanol–water partition coefficient (Wildman–Crippen LogP) is 2.66. The van der Waals surface area contributed by atoms with E-state index in [1.165, 1.54) is 12.8 Å². The molecule has 1 atom stereocenters. The van der Waals surface area contributed by atoms with E-state index in [4.69, 9.17) is 0 Å². The Hall–Kier alpha value is -2.12. The summed E-state index contributed by atoms with van der Waals surface area (Å²) in [5.74, 6) is 0.698. The molecule has 1 aliphatic heterocycles. The van der Waals surface area contributed by atoms with Crippen LogP contribution in [0.2, 0.25) is 0 Å². The molecule has 2 N–H and O–H groups in total. The third-order valence-corrected chi connectivity index (χ3v) is 3.79. The van der Waals surface area contributed by atoms with Gasteiger partial charge in [-0.1, -0.05) is 18.2 Å². The van der Waals surface area contributed by atoms with Crippen LogP contribution in [0.3, 0.4) is 0 Å². The first-order valence-electron chi connectivity index (χ1n) is 7.14. The molecule has 1 unspecified atom stereocenters. The number of hydrogen-bond donors (Lipinski definition) is 2. The zero-order valence-corrected chi connectivity index (χ0v) is 11.4. The summed E-state index contributed by atoms with van der Waals surface area (Å²) < 4.78 is 0. The maximum absolute atomic E-state index is 9.25. The van der Waals surface area contributed by atoms with Gasteiger partial charge in [0.2, 0.25) is 0 Å². The molecule has 3 rings (SSSR count). The summed E-state index contributed by atoms with van der Waals surface area (Å²) in [4.78, 5) is 4.56. The van der Waals surface area contributed by atoms with Crippen molar-refractivity contribution in [3.63, 3.8) is 0 Å². The molecule has 2 heterocycles. The van der Waals surface area contributed by atoms with E-state index >= 15 is 0 Å².